The predicted molar refractivity (Wildman–Crippen MR) is 155 cm³/mol. The number of nitrogens with zero attached hydrogens (tertiary/aromatic N) is 3. The van der Waals surface area contributed by atoms with Gasteiger partial charge in [-0.2, -0.15) is 13.2 Å². The van der Waals surface area contributed by atoms with E-state index in [0.717, 1.165) is 25.8 Å². The fourth-order valence-corrected chi connectivity index (χ4v) is 5.27. The van der Waals surface area contributed by atoms with Crippen LogP contribution in [-0.4, -0.2) is 76.7 Å². The number of rotatable bonds is 9. The van der Waals surface area contributed by atoms with Crippen molar-refractivity contribution in [3.05, 3.63) is 65.2 Å². The normalized spacial score (nSPS) is 19.1. The number of ether oxygens (including phenoxy) is 3. The molecule has 0 radical (unpaired) electrons. The number of carbonyl (C=O) groups excluding carboxylic acids is 1. The molecular weight excluding hydrogens is 640 g/mol. The number of halogens is 6. The molecule has 17 heteroatoms. The van der Waals surface area contributed by atoms with Crippen molar-refractivity contribution in [1.82, 2.24) is 20.0 Å². The van der Waals surface area contributed by atoms with Gasteiger partial charge in [0, 0.05) is 44.1 Å². The highest BCUT2D eigenvalue weighted by molar-refractivity contribution is 5.89. The first-order valence-corrected chi connectivity index (χ1v) is 14.3. The van der Waals surface area contributed by atoms with Crippen molar-refractivity contribution in [3.8, 4) is 17.3 Å². The summed E-state index contributed by atoms with van der Waals surface area (Å²) in [5.41, 5.74) is 2.38. The van der Waals surface area contributed by atoms with E-state index in [1.807, 2.05) is 37.3 Å². The number of aliphatic carboxylic acids is 1. The Balaban J connectivity index is 0.000000644. The van der Waals surface area contributed by atoms with E-state index in [1.54, 1.807) is 4.68 Å². The quantitative estimate of drug-likeness (QED) is 0.244. The molecule has 1 aromatic heterocycles. The van der Waals surface area contributed by atoms with Crippen LogP contribution in [0.25, 0.3) is 5.69 Å². The Kier molecular flexibility index (Phi) is 10.6. The van der Waals surface area contributed by atoms with Gasteiger partial charge in [0.05, 0.1) is 17.9 Å². The Morgan fingerprint density at radius 3 is 2.28 bits per heavy atom. The number of para-hydroxylation sites is 1. The van der Waals surface area contributed by atoms with Crippen LogP contribution in [0.1, 0.15) is 36.0 Å². The number of methoxy groups -OCH3 is 1. The monoisotopic (exact) mass is 673 g/mol. The molecular formula is C30H33F6N5O6. The van der Waals surface area contributed by atoms with Crippen molar-refractivity contribution in [2.75, 3.05) is 26.0 Å². The zero-order valence-electron chi connectivity index (χ0n) is 25.5. The number of hydrogen-bond acceptors (Lipinski definition) is 7. The lowest BCUT2D eigenvalue weighted by molar-refractivity contribution is -0.274. The zero-order chi connectivity index (χ0) is 34.6. The number of likely N-dealkylation sites (tertiary alicyclic amines) is 1. The van der Waals surface area contributed by atoms with Crippen molar-refractivity contribution >= 4 is 17.8 Å². The third-order valence-electron chi connectivity index (χ3n) is 7.87. The largest absolute Gasteiger partial charge is 0.573 e. The maximum atomic E-state index is 13.0. The first-order chi connectivity index (χ1) is 22.0. The highest BCUT2D eigenvalue weighted by atomic mass is 19.4. The van der Waals surface area contributed by atoms with Crippen LogP contribution in [0.2, 0.25) is 0 Å². The van der Waals surface area contributed by atoms with Gasteiger partial charge < -0.3 is 29.5 Å². The van der Waals surface area contributed by atoms with Crippen molar-refractivity contribution in [2.24, 2.45) is 0 Å². The lowest BCUT2D eigenvalue weighted by atomic mass is 9.66. The minimum absolute atomic E-state index is 0.0358. The summed E-state index contributed by atoms with van der Waals surface area (Å²) in [7, 11) is 3.61. The van der Waals surface area contributed by atoms with Crippen LogP contribution >= 0.6 is 0 Å². The van der Waals surface area contributed by atoms with Crippen LogP contribution in [-0.2, 0) is 22.7 Å². The number of carboxylic acid groups (broad SMARTS) is 1. The summed E-state index contributed by atoms with van der Waals surface area (Å²) in [5.74, 6) is -2.33. The molecule has 1 aliphatic heterocycles. The average Bonchev–Trinajstić information content (AvgIpc) is 3.27. The van der Waals surface area contributed by atoms with Gasteiger partial charge in [-0.25, -0.2) is 14.3 Å². The molecule has 47 heavy (non-hydrogen) atoms. The van der Waals surface area contributed by atoms with E-state index in [4.69, 9.17) is 19.4 Å². The molecule has 1 spiro atoms. The number of urea groups is 1. The molecule has 256 valence electrons. The minimum atomic E-state index is -5.08. The Hall–Kier alpha value is -4.51. The van der Waals surface area contributed by atoms with E-state index in [2.05, 4.69) is 32.4 Å². The molecule has 0 bridgehead atoms. The lowest BCUT2D eigenvalue weighted by Gasteiger charge is -2.59. The third-order valence-corrected chi connectivity index (χ3v) is 7.87. The number of benzene rings is 2. The smallest absolute Gasteiger partial charge is 0.475 e. The van der Waals surface area contributed by atoms with Gasteiger partial charge in [0.2, 0.25) is 5.88 Å². The average molecular weight is 674 g/mol. The summed E-state index contributed by atoms with van der Waals surface area (Å²) in [5, 5.41) is 17.2. The third kappa shape index (κ3) is 8.85. The lowest BCUT2D eigenvalue weighted by Crippen LogP contribution is -2.67. The van der Waals surface area contributed by atoms with Gasteiger partial charge in [0.1, 0.15) is 17.7 Å². The summed E-state index contributed by atoms with van der Waals surface area (Å²) in [6.07, 6.45) is -6.90. The first kappa shape index (κ1) is 35.3. The van der Waals surface area contributed by atoms with Gasteiger partial charge in [-0.15, -0.1) is 18.3 Å². The topological polar surface area (TPSA) is 127 Å². The van der Waals surface area contributed by atoms with Crippen LogP contribution in [0.3, 0.4) is 0 Å². The molecule has 1 saturated carbocycles. The molecule has 2 aromatic carbocycles. The number of hydrogen-bond donors (Lipinski definition) is 3. The summed E-state index contributed by atoms with van der Waals surface area (Å²) in [6, 6.07) is 12.8. The summed E-state index contributed by atoms with van der Waals surface area (Å²) >= 11 is 0. The Morgan fingerprint density at radius 1 is 1.09 bits per heavy atom. The number of carbonyl (C=O) groups is 2. The molecule has 1 aliphatic carbocycles. The maximum absolute atomic E-state index is 13.0. The summed E-state index contributed by atoms with van der Waals surface area (Å²) < 4.78 is 87.6. The maximum Gasteiger partial charge on any atom is 0.573 e. The van der Waals surface area contributed by atoms with E-state index >= 15 is 0 Å². The van der Waals surface area contributed by atoms with Gasteiger partial charge in [-0.1, -0.05) is 24.3 Å². The highest BCUT2D eigenvalue weighted by Gasteiger charge is 2.53. The number of amides is 2. The zero-order valence-corrected chi connectivity index (χ0v) is 25.5. The van der Waals surface area contributed by atoms with E-state index in [1.165, 1.54) is 25.3 Å². The second-order valence-electron chi connectivity index (χ2n) is 11.1. The van der Waals surface area contributed by atoms with Crippen LogP contribution in [0.15, 0.2) is 48.5 Å². The molecule has 3 aromatic rings. The van der Waals surface area contributed by atoms with Gasteiger partial charge >= 0.3 is 24.5 Å². The molecule has 0 unspecified atom stereocenters. The molecule has 2 heterocycles. The molecule has 0 atom stereocenters. The molecule has 5 rings (SSSR count). The second kappa shape index (κ2) is 14.1. The molecule has 2 aliphatic rings. The fraction of sp³-hybridized carbons (Fsp3) is 0.433. The van der Waals surface area contributed by atoms with Crippen LogP contribution in [0.5, 0.6) is 11.6 Å². The van der Waals surface area contributed by atoms with E-state index in [0.29, 0.717) is 28.5 Å². The molecule has 3 N–H and O–H groups in total. The van der Waals surface area contributed by atoms with E-state index < -0.39 is 30.3 Å². The summed E-state index contributed by atoms with van der Waals surface area (Å²) in [6.45, 7) is 2.89. The van der Waals surface area contributed by atoms with Gasteiger partial charge in [0.25, 0.3) is 0 Å². The number of nitrogens with one attached hydrogen (secondary N) is 2. The Labute approximate surface area is 265 Å². The Morgan fingerprint density at radius 2 is 1.74 bits per heavy atom. The number of carboxylic acids is 1. The van der Waals surface area contributed by atoms with Crippen molar-refractivity contribution in [2.45, 2.75) is 63.5 Å². The minimum Gasteiger partial charge on any atom is -0.475 e. The number of anilines is 1. The highest BCUT2D eigenvalue weighted by Crippen LogP contribution is 2.48. The number of aromatic nitrogens is 2. The van der Waals surface area contributed by atoms with Crippen molar-refractivity contribution < 1.29 is 55.2 Å². The predicted octanol–water partition coefficient (Wildman–Crippen LogP) is 5.80. The Bertz CT molecular complexity index is 1560. The van der Waals surface area contributed by atoms with Gasteiger partial charge in [0.15, 0.2) is 0 Å². The van der Waals surface area contributed by atoms with Crippen molar-refractivity contribution in [1.29, 1.82) is 0 Å². The molecule has 2 fully saturated rings. The molecule has 1 saturated heterocycles. The van der Waals surface area contributed by atoms with Gasteiger partial charge in [-0.3, -0.25) is 5.32 Å². The molecule has 2 amide bonds. The van der Waals surface area contributed by atoms with Gasteiger partial charge in [-0.05, 0) is 50.2 Å². The standard InChI is InChI=1S/C28H32F3N5O4.C2HF3O2/c1-18-24(33-26(37)32-16-20-13-19(17-38-3)9-10-23(20)40-28(29,30)31)36(21-7-5-4-6-8-21)34-25(18)39-22-14-27(15-22)11-12-35(27)2;3-2(4,5)1(6)7/h4-10,13,22H,11-12,14-17H2,1-3H3,(H2,32,33,37);(H,6,7). The first-order valence-electron chi connectivity index (χ1n) is 14.3. The second-order valence-corrected chi connectivity index (χ2v) is 11.1. The van der Waals surface area contributed by atoms with E-state index in [-0.39, 0.29) is 30.4 Å². The number of alkyl halides is 6. The van der Waals surface area contributed by atoms with Crippen LogP contribution in [0, 0.1) is 6.92 Å². The van der Waals surface area contributed by atoms with Crippen LogP contribution in [0.4, 0.5) is 37.0 Å². The summed E-state index contributed by atoms with van der Waals surface area (Å²) in [4.78, 5) is 24.3. The van der Waals surface area contributed by atoms with Crippen molar-refractivity contribution in [3.63, 3.8) is 0 Å². The van der Waals surface area contributed by atoms with Crippen LogP contribution < -0.4 is 20.1 Å². The SMILES string of the molecule is COCc1ccc(OC(F)(F)F)c(CNC(=O)Nc2c(C)c(OC3CC4(CCN4C)C3)nn2-c2ccccc2)c1.O=C(O)C(F)(F)F. The van der Waals surface area contributed by atoms with E-state index in [9.17, 15) is 31.1 Å². The fourth-order valence-electron chi connectivity index (χ4n) is 5.27. The molecule has 11 nitrogen and oxygen atoms in total.